The SMILES string of the molecule is C=NCCCCCN(C)C(=N)/C(C(=S)NC)=C(\NCc1ccc(-c2cccc(F)n2)cc1)Nc1ccccc1. The summed E-state index contributed by atoms with van der Waals surface area (Å²) in [6, 6.07) is 22.3. The molecule has 0 unspecified atom stereocenters. The summed E-state index contributed by atoms with van der Waals surface area (Å²) in [5.41, 5.74) is 3.87. The van der Waals surface area contributed by atoms with Gasteiger partial charge in [0.2, 0.25) is 5.95 Å². The molecule has 0 aliphatic heterocycles. The minimum atomic E-state index is -0.505. The van der Waals surface area contributed by atoms with Crippen molar-refractivity contribution in [3.8, 4) is 11.3 Å². The number of likely N-dealkylation sites (N-methyl/N-ethyl adjacent to an activating group) is 2. The lowest BCUT2D eigenvalue weighted by molar-refractivity contribution is 0.471. The second-order valence-electron chi connectivity index (χ2n) is 8.99. The van der Waals surface area contributed by atoms with Crippen molar-refractivity contribution in [3.05, 3.63) is 95.7 Å². The van der Waals surface area contributed by atoms with Crippen molar-refractivity contribution in [2.45, 2.75) is 25.8 Å². The van der Waals surface area contributed by atoms with Crippen LogP contribution in [-0.4, -0.2) is 54.6 Å². The minimum absolute atomic E-state index is 0.314. The van der Waals surface area contributed by atoms with Crippen LogP contribution in [0.1, 0.15) is 24.8 Å². The molecular formula is C30H36FN7S. The van der Waals surface area contributed by atoms with E-state index >= 15 is 0 Å². The zero-order valence-electron chi connectivity index (χ0n) is 22.5. The number of aliphatic imine (C=N–C) groups is 1. The fourth-order valence-corrected chi connectivity index (χ4v) is 4.13. The van der Waals surface area contributed by atoms with Crippen LogP contribution in [0.5, 0.6) is 0 Å². The topological polar surface area (TPSA) is 88.4 Å². The standard InChI is InChI=1S/C30H36FN7S/c1-33-19-8-5-9-20-38(3)28(32)27(30(39)34-2)29(36-24-11-6-4-7-12-24)35-21-22-15-17-23(18-16-22)25-13-10-14-26(31)37-25/h4,6-7,10-18,32,35-36H,1,5,8-9,19-21H2,2-3H3,(H,34,39)/b29-27-,32-28?. The number of benzene rings is 2. The number of rotatable bonds is 14. The molecule has 0 atom stereocenters. The third-order valence-electron chi connectivity index (χ3n) is 6.11. The number of hydrogen-bond donors (Lipinski definition) is 4. The normalized spacial score (nSPS) is 11.3. The number of unbranched alkanes of at least 4 members (excludes halogenated alkanes) is 2. The smallest absolute Gasteiger partial charge is 0.213 e. The number of hydrogen-bond acceptors (Lipinski definition) is 6. The van der Waals surface area contributed by atoms with E-state index in [2.05, 4.69) is 32.6 Å². The molecule has 9 heteroatoms. The van der Waals surface area contributed by atoms with Crippen molar-refractivity contribution in [2.75, 3.05) is 32.5 Å². The largest absolute Gasteiger partial charge is 0.379 e. The van der Waals surface area contributed by atoms with E-state index in [-0.39, 0.29) is 0 Å². The molecule has 4 N–H and O–H groups in total. The van der Waals surface area contributed by atoms with E-state index in [4.69, 9.17) is 17.6 Å². The minimum Gasteiger partial charge on any atom is -0.379 e. The summed E-state index contributed by atoms with van der Waals surface area (Å²) in [6.45, 7) is 5.49. The van der Waals surface area contributed by atoms with Crippen molar-refractivity contribution in [3.63, 3.8) is 0 Å². The fraction of sp³-hybridized carbons (Fsp3) is 0.267. The summed E-state index contributed by atoms with van der Waals surface area (Å²) in [7, 11) is 3.67. The van der Waals surface area contributed by atoms with Crippen LogP contribution in [0.25, 0.3) is 11.3 Å². The zero-order chi connectivity index (χ0) is 28.0. The van der Waals surface area contributed by atoms with Crippen molar-refractivity contribution < 1.29 is 4.39 Å². The molecule has 0 aliphatic carbocycles. The number of aromatic nitrogens is 1. The van der Waals surface area contributed by atoms with Crippen LogP contribution in [0.15, 0.2) is 89.2 Å². The van der Waals surface area contributed by atoms with E-state index in [0.717, 1.165) is 49.2 Å². The van der Waals surface area contributed by atoms with Crippen molar-refractivity contribution in [2.24, 2.45) is 4.99 Å². The Morgan fingerprint density at radius 2 is 1.77 bits per heavy atom. The number of amidine groups is 1. The summed E-state index contributed by atoms with van der Waals surface area (Å²) in [5.74, 6) is 0.438. The Bertz CT molecular complexity index is 1280. The molecule has 0 bridgehead atoms. The Hall–Kier alpha value is -4.11. The van der Waals surface area contributed by atoms with Gasteiger partial charge in [-0.2, -0.15) is 4.39 Å². The predicted molar refractivity (Wildman–Crippen MR) is 164 cm³/mol. The molecule has 0 saturated carbocycles. The second kappa shape index (κ2) is 15.3. The highest BCUT2D eigenvalue weighted by Gasteiger charge is 2.20. The van der Waals surface area contributed by atoms with Crippen molar-refractivity contribution in [1.82, 2.24) is 20.5 Å². The Balaban J connectivity index is 1.84. The number of nitrogens with zero attached hydrogens (tertiary/aromatic N) is 3. The van der Waals surface area contributed by atoms with Crippen LogP contribution in [0, 0.1) is 11.4 Å². The van der Waals surface area contributed by atoms with Crippen LogP contribution in [0.2, 0.25) is 0 Å². The summed E-state index contributed by atoms with van der Waals surface area (Å²) in [6.07, 6.45) is 2.94. The van der Waals surface area contributed by atoms with E-state index < -0.39 is 5.95 Å². The number of thiocarbonyl (C=S) groups is 1. The Morgan fingerprint density at radius 3 is 2.44 bits per heavy atom. The van der Waals surface area contributed by atoms with Gasteiger partial charge in [0, 0.05) is 45.0 Å². The number of pyridine rings is 1. The number of nitrogens with one attached hydrogen (secondary N) is 4. The maximum atomic E-state index is 13.6. The van der Waals surface area contributed by atoms with Crippen LogP contribution >= 0.6 is 12.2 Å². The van der Waals surface area contributed by atoms with Crippen LogP contribution in [-0.2, 0) is 6.54 Å². The first kappa shape index (κ1) is 29.4. The predicted octanol–water partition coefficient (Wildman–Crippen LogP) is 5.63. The summed E-state index contributed by atoms with van der Waals surface area (Å²) < 4.78 is 13.6. The van der Waals surface area contributed by atoms with Gasteiger partial charge >= 0.3 is 0 Å². The van der Waals surface area contributed by atoms with Crippen LogP contribution < -0.4 is 16.0 Å². The average molecular weight is 546 g/mol. The fourth-order valence-electron chi connectivity index (χ4n) is 3.93. The summed E-state index contributed by atoms with van der Waals surface area (Å²) in [5, 5.41) is 19.0. The molecule has 0 spiro atoms. The van der Waals surface area contributed by atoms with Crippen molar-refractivity contribution >= 4 is 35.4 Å². The number of anilines is 1. The van der Waals surface area contributed by atoms with Gasteiger partial charge in [-0.3, -0.25) is 5.41 Å². The number of halogens is 1. The van der Waals surface area contributed by atoms with E-state index in [9.17, 15) is 4.39 Å². The molecule has 1 heterocycles. The molecule has 3 aromatic rings. The van der Waals surface area contributed by atoms with Gasteiger partial charge in [-0.25, -0.2) is 4.98 Å². The van der Waals surface area contributed by atoms with Gasteiger partial charge in [-0.05, 0) is 55.8 Å². The molecule has 0 fully saturated rings. The maximum Gasteiger partial charge on any atom is 0.213 e. The zero-order valence-corrected chi connectivity index (χ0v) is 23.3. The Kier molecular flexibility index (Phi) is 11.6. The third-order valence-corrected chi connectivity index (χ3v) is 6.52. The Labute approximate surface area is 235 Å². The molecule has 0 saturated heterocycles. The first-order valence-corrected chi connectivity index (χ1v) is 13.3. The highest BCUT2D eigenvalue weighted by atomic mass is 32.1. The van der Waals surface area contributed by atoms with E-state index in [1.165, 1.54) is 6.07 Å². The first-order chi connectivity index (χ1) is 18.9. The van der Waals surface area contributed by atoms with Crippen molar-refractivity contribution in [1.29, 1.82) is 5.41 Å². The van der Waals surface area contributed by atoms with Gasteiger partial charge in [0.15, 0.2) is 0 Å². The lowest BCUT2D eigenvalue weighted by Gasteiger charge is -2.26. The van der Waals surface area contributed by atoms with Gasteiger partial charge in [-0.15, -0.1) is 0 Å². The molecule has 39 heavy (non-hydrogen) atoms. The van der Waals surface area contributed by atoms with E-state index in [0.29, 0.717) is 34.5 Å². The summed E-state index contributed by atoms with van der Waals surface area (Å²) >= 11 is 5.67. The lowest BCUT2D eigenvalue weighted by Crippen LogP contribution is -2.38. The molecule has 1 aromatic heterocycles. The van der Waals surface area contributed by atoms with Crippen LogP contribution in [0.3, 0.4) is 0 Å². The Morgan fingerprint density at radius 1 is 1.03 bits per heavy atom. The van der Waals surface area contributed by atoms with Gasteiger partial charge in [0.1, 0.15) is 16.6 Å². The molecule has 0 aliphatic rings. The second-order valence-corrected chi connectivity index (χ2v) is 9.40. The lowest BCUT2D eigenvalue weighted by atomic mass is 10.1. The van der Waals surface area contributed by atoms with Gasteiger partial charge < -0.3 is 25.8 Å². The molecule has 204 valence electrons. The van der Waals surface area contributed by atoms with Crippen LogP contribution in [0.4, 0.5) is 10.1 Å². The van der Waals surface area contributed by atoms with E-state index in [1.54, 1.807) is 19.2 Å². The molecular weight excluding hydrogens is 509 g/mol. The van der Waals surface area contributed by atoms with Gasteiger partial charge in [0.25, 0.3) is 0 Å². The molecule has 0 amide bonds. The molecule has 7 nitrogen and oxygen atoms in total. The number of para-hydroxylation sites is 1. The molecule has 2 aromatic carbocycles. The highest BCUT2D eigenvalue weighted by Crippen LogP contribution is 2.19. The highest BCUT2D eigenvalue weighted by molar-refractivity contribution is 7.80. The first-order valence-electron chi connectivity index (χ1n) is 12.9. The molecule has 3 rings (SSSR count). The van der Waals surface area contributed by atoms with E-state index in [1.807, 2.05) is 66.5 Å². The molecule has 0 radical (unpaired) electrons. The quantitative estimate of drug-likeness (QED) is 0.0525. The average Bonchev–Trinajstić information content (AvgIpc) is 2.96. The van der Waals surface area contributed by atoms with Gasteiger partial charge in [0.05, 0.1) is 11.3 Å². The maximum absolute atomic E-state index is 13.6. The van der Waals surface area contributed by atoms with Gasteiger partial charge in [-0.1, -0.05) is 60.7 Å². The summed E-state index contributed by atoms with van der Waals surface area (Å²) in [4.78, 5) is 10.2. The monoisotopic (exact) mass is 545 g/mol. The third kappa shape index (κ3) is 9.00.